The highest BCUT2D eigenvalue weighted by molar-refractivity contribution is 5.93. The standard InChI is InChI=1S/C13H15N5O/c19-13(11-8-14-10-15-9-11)17-6-2-12(3-7-17)18-5-1-4-16-18/h1,4-5,8-10,12H,2-3,6-7H2. The van der Waals surface area contributed by atoms with E-state index in [1.807, 2.05) is 21.8 Å². The van der Waals surface area contributed by atoms with Crippen molar-refractivity contribution in [1.29, 1.82) is 0 Å². The van der Waals surface area contributed by atoms with Crippen LogP contribution in [0.4, 0.5) is 0 Å². The summed E-state index contributed by atoms with van der Waals surface area (Å²) in [6, 6.07) is 2.32. The third-order valence-electron chi connectivity index (χ3n) is 3.46. The summed E-state index contributed by atoms with van der Waals surface area (Å²) in [4.78, 5) is 21.8. The van der Waals surface area contributed by atoms with E-state index in [9.17, 15) is 4.79 Å². The molecular formula is C13H15N5O. The van der Waals surface area contributed by atoms with E-state index in [1.165, 1.54) is 6.33 Å². The Balaban J connectivity index is 1.63. The molecule has 1 fully saturated rings. The maximum absolute atomic E-state index is 12.2. The Morgan fingerprint density at radius 1 is 1.21 bits per heavy atom. The molecule has 2 aromatic heterocycles. The molecule has 3 heterocycles. The zero-order valence-corrected chi connectivity index (χ0v) is 10.5. The average Bonchev–Trinajstić information content (AvgIpc) is 3.02. The quantitative estimate of drug-likeness (QED) is 0.809. The predicted octanol–water partition coefficient (Wildman–Crippen LogP) is 1.15. The lowest BCUT2D eigenvalue weighted by Crippen LogP contribution is -2.39. The Labute approximate surface area is 111 Å². The number of piperidine rings is 1. The number of nitrogens with zero attached hydrogens (tertiary/aromatic N) is 5. The first-order chi connectivity index (χ1) is 9.34. The van der Waals surface area contributed by atoms with Gasteiger partial charge in [-0.25, -0.2) is 9.97 Å². The largest absolute Gasteiger partial charge is 0.338 e. The topological polar surface area (TPSA) is 63.9 Å². The average molecular weight is 257 g/mol. The zero-order chi connectivity index (χ0) is 13.1. The molecule has 6 nitrogen and oxygen atoms in total. The number of hydrogen-bond acceptors (Lipinski definition) is 4. The number of carbonyl (C=O) groups excluding carboxylic acids is 1. The molecule has 0 unspecified atom stereocenters. The van der Waals surface area contributed by atoms with Gasteiger partial charge >= 0.3 is 0 Å². The zero-order valence-electron chi connectivity index (χ0n) is 10.5. The van der Waals surface area contributed by atoms with E-state index in [0.29, 0.717) is 11.6 Å². The first kappa shape index (κ1) is 11.8. The summed E-state index contributed by atoms with van der Waals surface area (Å²) in [6.45, 7) is 1.50. The van der Waals surface area contributed by atoms with Crippen molar-refractivity contribution in [3.8, 4) is 0 Å². The lowest BCUT2D eigenvalue weighted by molar-refractivity contribution is 0.0689. The highest BCUT2D eigenvalue weighted by Gasteiger charge is 2.24. The fraction of sp³-hybridized carbons (Fsp3) is 0.385. The second-order valence-corrected chi connectivity index (χ2v) is 4.64. The Morgan fingerprint density at radius 3 is 2.58 bits per heavy atom. The molecule has 0 radical (unpaired) electrons. The van der Waals surface area contributed by atoms with Crippen LogP contribution in [0.25, 0.3) is 0 Å². The molecule has 1 aliphatic rings. The van der Waals surface area contributed by atoms with Crippen molar-refractivity contribution < 1.29 is 4.79 Å². The normalized spacial score (nSPS) is 16.5. The van der Waals surface area contributed by atoms with E-state index < -0.39 is 0 Å². The van der Waals surface area contributed by atoms with E-state index in [2.05, 4.69) is 15.1 Å². The van der Waals surface area contributed by atoms with E-state index in [-0.39, 0.29) is 5.91 Å². The van der Waals surface area contributed by atoms with Crippen molar-refractivity contribution in [2.24, 2.45) is 0 Å². The Bertz CT molecular complexity index is 531. The van der Waals surface area contributed by atoms with Crippen molar-refractivity contribution in [3.63, 3.8) is 0 Å². The molecule has 19 heavy (non-hydrogen) atoms. The number of likely N-dealkylation sites (tertiary alicyclic amines) is 1. The van der Waals surface area contributed by atoms with Crippen LogP contribution >= 0.6 is 0 Å². The lowest BCUT2D eigenvalue weighted by Gasteiger charge is -2.32. The number of aromatic nitrogens is 4. The second kappa shape index (κ2) is 5.17. The predicted molar refractivity (Wildman–Crippen MR) is 68.4 cm³/mol. The molecule has 98 valence electrons. The Kier molecular flexibility index (Phi) is 3.22. The van der Waals surface area contributed by atoms with Gasteiger partial charge in [0.25, 0.3) is 5.91 Å². The third-order valence-corrected chi connectivity index (χ3v) is 3.46. The number of amides is 1. The number of hydrogen-bond donors (Lipinski definition) is 0. The van der Waals surface area contributed by atoms with Crippen LogP contribution in [-0.4, -0.2) is 43.6 Å². The molecule has 0 atom stereocenters. The maximum atomic E-state index is 12.2. The molecule has 2 aromatic rings. The van der Waals surface area contributed by atoms with Gasteiger partial charge in [-0.15, -0.1) is 0 Å². The minimum Gasteiger partial charge on any atom is -0.338 e. The summed E-state index contributed by atoms with van der Waals surface area (Å²) in [7, 11) is 0. The van der Waals surface area contributed by atoms with Crippen molar-refractivity contribution in [1.82, 2.24) is 24.6 Å². The molecule has 0 spiro atoms. The summed E-state index contributed by atoms with van der Waals surface area (Å²) in [6.07, 6.45) is 10.2. The van der Waals surface area contributed by atoms with Crippen LogP contribution in [-0.2, 0) is 0 Å². The number of rotatable bonds is 2. The first-order valence-corrected chi connectivity index (χ1v) is 6.38. The van der Waals surface area contributed by atoms with Gasteiger partial charge in [0.15, 0.2) is 0 Å². The molecule has 6 heteroatoms. The van der Waals surface area contributed by atoms with E-state index in [0.717, 1.165) is 25.9 Å². The lowest BCUT2D eigenvalue weighted by atomic mass is 10.0. The van der Waals surface area contributed by atoms with Gasteiger partial charge in [-0.3, -0.25) is 9.48 Å². The first-order valence-electron chi connectivity index (χ1n) is 6.38. The van der Waals surface area contributed by atoms with E-state index >= 15 is 0 Å². The fourth-order valence-corrected chi connectivity index (χ4v) is 2.42. The van der Waals surface area contributed by atoms with Crippen LogP contribution in [0.15, 0.2) is 37.2 Å². The van der Waals surface area contributed by atoms with Crippen LogP contribution in [0.2, 0.25) is 0 Å². The van der Waals surface area contributed by atoms with E-state index in [4.69, 9.17) is 0 Å². The van der Waals surface area contributed by atoms with Gasteiger partial charge in [0, 0.05) is 37.9 Å². The van der Waals surface area contributed by atoms with Crippen molar-refractivity contribution in [2.75, 3.05) is 13.1 Å². The highest BCUT2D eigenvalue weighted by atomic mass is 16.2. The molecule has 3 rings (SSSR count). The van der Waals surface area contributed by atoms with Crippen LogP contribution < -0.4 is 0 Å². The smallest absolute Gasteiger partial charge is 0.256 e. The van der Waals surface area contributed by atoms with Crippen LogP contribution in [0.1, 0.15) is 29.2 Å². The maximum Gasteiger partial charge on any atom is 0.256 e. The van der Waals surface area contributed by atoms with Gasteiger partial charge in [-0.05, 0) is 18.9 Å². The molecule has 0 bridgehead atoms. The van der Waals surface area contributed by atoms with Gasteiger partial charge in [0.2, 0.25) is 0 Å². The van der Waals surface area contributed by atoms with Gasteiger partial charge in [0.1, 0.15) is 6.33 Å². The molecule has 1 amide bonds. The molecule has 0 N–H and O–H groups in total. The van der Waals surface area contributed by atoms with E-state index in [1.54, 1.807) is 18.6 Å². The molecule has 1 saturated heterocycles. The van der Waals surface area contributed by atoms with Crippen molar-refractivity contribution >= 4 is 5.91 Å². The Morgan fingerprint density at radius 2 is 1.95 bits per heavy atom. The van der Waals surface area contributed by atoms with Gasteiger partial charge in [-0.2, -0.15) is 5.10 Å². The minimum absolute atomic E-state index is 0.0134. The highest BCUT2D eigenvalue weighted by Crippen LogP contribution is 2.22. The van der Waals surface area contributed by atoms with Gasteiger partial charge < -0.3 is 4.90 Å². The minimum atomic E-state index is 0.0134. The molecular weight excluding hydrogens is 242 g/mol. The third kappa shape index (κ3) is 2.47. The van der Waals surface area contributed by atoms with Crippen LogP contribution in [0, 0.1) is 0 Å². The summed E-state index contributed by atoms with van der Waals surface area (Å²) in [5.74, 6) is 0.0134. The second-order valence-electron chi connectivity index (χ2n) is 4.64. The summed E-state index contributed by atoms with van der Waals surface area (Å²) >= 11 is 0. The fourth-order valence-electron chi connectivity index (χ4n) is 2.42. The number of carbonyl (C=O) groups is 1. The van der Waals surface area contributed by atoms with Crippen LogP contribution in [0.3, 0.4) is 0 Å². The summed E-state index contributed by atoms with van der Waals surface area (Å²) in [5, 5.41) is 4.26. The Hall–Kier alpha value is -2.24. The molecule has 1 aliphatic heterocycles. The monoisotopic (exact) mass is 257 g/mol. The van der Waals surface area contributed by atoms with Crippen molar-refractivity contribution in [2.45, 2.75) is 18.9 Å². The summed E-state index contributed by atoms with van der Waals surface area (Å²) in [5.41, 5.74) is 0.556. The summed E-state index contributed by atoms with van der Waals surface area (Å²) < 4.78 is 1.98. The van der Waals surface area contributed by atoms with Crippen molar-refractivity contribution in [3.05, 3.63) is 42.7 Å². The van der Waals surface area contributed by atoms with Crippen LogP contribution in [0.5, 0.6) is 0 Å². The SMILES string of the molecule is O=C(c1cncnc1)N1CCC(n2cccn2)CC1. The molecule has 0 saturated carbocycles. The molecule has 0 aliphatic carbocycles. The van der Waals surface area contributed by atoms with Gasteiger partial charge in [0.05, 0.1) is 11.6 Å². The van der Waals surface area contributed by atoms with Gasteiger partial charge in [-0.1, -0.05) is 0 Å². The molecule has 0 aromatic carbocycles.